The maximum absolute atomic E-state index is 12.0. The van der Waals surface area contributed by atoms with Gasteiger partial charge < -0.3 is 5.32 Å². The summed E-state index contributed by atoms with van der Waals surface area (Å²) in [5.41, 5.74) is 0.909. The number of halogens is 1. The molecule has 0 aliphatic heterocycles. The van der Waals surface area contributed by atoms with Crippen molar-refractivity contribution in [3.8, 4) is 11.4 Å². The lowest BCUT2D eigenvalue weighted by atomic mass is 10.0. The summed E-state index contributed by atoms with van der Waals surface area (Å²) in [5, 5.41) is 11.3. The van der Waals surface area contributed by atoms with E-state index in [-0.39, 0.29) is 11.9 Å². The predicted octanol–water partition coefficient (Wildman–Crippen LogP) is 4.55. The first kappa shape index (κ1) is 19.8. The van der Waals surface area contributed by atoms with Crippen molar-refractivity contribution in [3.05, 3.63) is 29.3 Å². The van der Waals surface area contributed by atoms with Crippen LogP contribution in [-0.4, -0.2) is 32.9 Å². The Morgan fingerprint density at radius 2 is 1.96 bits per heavy atom. The number of nitrogens with zero attached hydrogens (tertiary/aromatic N) is 2. The molecule has 1 aromatic carbocycles. The van der Waals surface area contributed by atoms with Gasteiger partial charge >= 0.3 is 0 Å². The summed E-state index contributed by atoms with van der Waals surface area (Å²) in [4.78, 5) is 16.4. The molecule has 0 spiro atoms. The maximum atomic E-state index is 12.0. The second kappa shape index (κ2) is 9.82. The van der Waals surface area contributed by atoms with Gasteiger partial charge in [-0.2, -0.15) is 0 Å². The molecule has 7 heteroatoms. The van der Waals surface area contributed by atoms with Crippen molar-refractivity contribution in [2.24, 2.45) is 5.92 Å². The zero-order valence-corrected chi connectivity index (χ0v) is 16.5. The number of carbonyl (C=O) groups excluding carboxylic acids is 1. The Labute approximate surface area is 158 Å². The van der Waals surface area contributed by atoms with E-state index < -0.39 is 0 Å². The van der Waals surface area contributed by atoms with Crippen LogP contribution in [-0.2, 0) is 4.79 Å². The SMILES string of the molecule is CC(C)CCCC(C)NC(=O)CSc1n[nH]c(-c2ccc(Cl)cc2)n1. The molecule has 0 fully saturated rings. The van der Waals surface area contributed by atoms with Crippen LogP contribution >= 0.6 is 23.4 Å². The molecule has 0 aliphatic carbocycles. The minimum atomic E-state index is 0.0138. The molecule has 1 unspecified atom stereocenters. The van der Waals surface area contributed by atoms with E-state index >= 15 is 0 Å². The summed E-state index contributed by atoms with van der Waals surface area (Å²) in [6, 6.07) is 7.57. The summed E-state index contributed by atoms with van der Waals surface area (Å²) in [5.74, 6) is 1.70. The van der Waals surface area contributed by atoms with E-state index in [4.69, 9.17) is 11.6 Å². The van der Waals surface area contributed by atoms with Crippen molar-refractivity contribution in [1.29, 1.82) is 0 Å². The smallest absolute Gasteiger partial charge is 0.230 e. The van der Waals surface area contributed by atoms with Crippen molar-refractivity contribution in [1.82, 2.24) is 20.5 Å². The number of H-pyrrole nitrogens is 1. The second-order valence-corrected chi connectivity index (χ2v) is 7.93. The van der Waals surface area contributed by atoms with E-state index in [1.165, 1.54) is 18.2 Å². The minimum absolute atomic E-state index is 0.0138. The predicted molar refractivity (Wildman–Crippen MR) is 104 cm³/mol. The van der Waals surface area contributed by atoms with Gasteiger partial charge in [0.2, 0.25) is 11.1 Å². The fourth-order valence-electron chi connectivity index (χ4n) is 2.40. The highest BCUT2D eigenvalue weighted by atomic mass is 35.5. The molecule has 0 bridgehead atoms. The number of aromatic amines is 1. The van der Waals surface area contributed by atoms with Crippen LogP contribution in [0.15, 0.2) is 29.4 Å². The molecule has 0 aliphatic rings. The van der Waals surface area contributed by atoms with Crippen LogP contribution in [0.1, 0.15) is 40.0 Å². The maximum Gasteiger partial charge on any atom is 0.230 e. The van der Waals surface area contributed by atoms with Gasteiger partial charge in [-0.25, -0.2) is 4.98 Å². The zero-order chi connectivity index (χ0) is 18.2. The number of rotatable bonds is 9. The molecule has 0 radical (unpaired) electrons. The molecule has 1 aromatic heterocycles. The molecule has 2 aromatic rings. The molecule has 1 amide bonds. The molecular formula is C18H25ClN4OS. The van der Waals surface area contributed by atoms with Gasteiger partial charge in [0.1, 0.15) is 0 Å². The highest BCUT2D eigenvalue weighted by molar-refractivity contribution is 7.99. The van der Waals surface area contributed by atoms with Crippen LogP contribution in [0.25, 0.3) is 11.4 Å². The normalized spacial score (nSPS) is 12.4. The summed E-state index contributed by atoms with van der Waals surface area (Å²) in [6.45, 7) is 6.48. The molecule has 25 heavy (non-hydrogen) atoms. The van der Waals surface area contributed by atoms with E-state index in [9.17, 15) is 4.79 Å². The number of amides is 1. The fourth-order valence-corrected chi connectivity index (χ4v) is 3.13. The van der Waals surface area contributed by atoms with Crippen LogP contribution < -0.4 is 5.32 Å². The largest absolute Gasteiger partial charge is 0.353 e. The molecule has 136 valence electrons. The minimum Gasteiger partial charge on any atom is -0.353 e. The van der Waals surface area contributed by atoms with Gasteiger partial charge in [0, 0.05) is 16.6 Å². The third kappa shape index (κ3) is 7.08. The molecule has 0 saturated carbocycles. The number of hydrogen-bond acceptors (Lipinski definition) is 4. The average Bonchev–Trinajstić information content (AvgIpc) is 3.02. The Bertz CT molecular complexity index is 672. The first-order chi connectivity index (χ1) is 11.9. The van der Waals surface area contributed by atoms with Crippen LogP contribution in [0.4, 0.5) is 0 Å². The molecule has 2 N–H and O–H groups in total. The summed E-state index contributed by atoms with van der Waals surface area (Å²) in [7, 11) is 0. The first-order valence-electron chi connectivity index (χ1n) is 8.54. The molecule has 5 nitrogen and oxygen atoms in total. The third-order valence-electron chi connectivity index (χ3n) is 3.74. The Kier molecular flexibility index (Phi) is 7.78. The lowest BCUT2D eigenvalue weighted by Gasteiger charge is -2.14. The van der Waals surface area contributed by atoms with Crippen LogP contribution in [0, 0.1) is 5.92 Å². The van der Waals surface area contributed by atoms with E-state index in [2.05, 4.69) is 34.3 Å². The molecular weight excluding hydrogens is 356 g/mol. The number of thioether (sulfide) groups is 1. The fraction of sp³-hybridized carbons (Fsp3) is 0.500. The quantitative estimate of drug-likeness (QED) is 0.626. The Hall–Kier alpha value is -1.53. The Morgan fingerprint density at radius 3 is 2.64 bits per heavy atom. The van der Waals surface area contributed by atoms with Crippen LogP contribution in [0.5, 0.6) is 0 Å². The van der Waals surface area contributed by atoms with Crippen molar-refractivity contribution >= 4 is 29.3 Å². The number of aromatic nitrogens is 3. The van der Waals surface area contributed by atoms with E-state index in [0.29, 0.717) is 27.7 Å². The van der Waals surface area contributed by atoms with Gasteiger partial charge in [0.25, 0.3) is 0 Å². The standard InChI is InChI=1S/C18H25ClN4OS/c1-12(2)5-4-6-13(3)20-16(24)11-25-18-21-17(22-23-18)14-7-9-15(19)10-8-14/h7-10,12-13H,4-6,11H2,1-3H3,(H,20,24)(H,21,22,23). The molecule has 0 saturated heterocycles. The number of carbonyl (C=O) groups is 1. The number of hydrogen-bond donors (Lipinski definition) is 2. The van der Waals surface area contributed by atoms with E-state index in [1.807, 2.05) is 19.1 Å². The number of benzene rings is 1. The van der Waals surface area contributed by atoms with Crippen molar-refractivity contribution in [2.45, 2.75) is 51.2 Å². The molecule has 1 heterocycles. The highest BCUT2D eigenvalue weighted by Gasteiger charge is 2.11. The van der Waals surface area contributed by atoms with Crippen LogP contribution in [0.3, 0.4) is 0 Å². The number of nitrogens with one attached hydrogen (secondary N) is 2. The first-order valence-corrected chi connectivity index (χ1v) is 9.91. The van der Waals surface area contributed by atoms with Gasteiger partial charge in [-0.1, -0.05) is 50.1 Å². The highest BCUT2D eigenvalue weighted by Crippen LogP contribution is 2.20. The molecule has 2 rings (SSSR count). The van der Waals surface area contributed by atoms with Crippen molar-refractivity contribution in [3.63, 3.8) is 0 Å². The van der Waals surface area contributed by atoms with E-state index in [0.717, 1.165) is 18.4 Å². The summed E-state index contributed by atoms with van der Waals surface area (Å²) in [6.07, 6.45) is 3.34. The van der Waals surface area contributed by atoms with Gasteiger partial charge in [0.05, 0.1) is 5.75 Å². The topological polar surface area (TPSA) is 70.7 Å². The van der Waals surface area contributed by atoms with E-state index in [1.54, 1.807) is 12.1 Å². The Balaban J connectivity index is 1.75. The zero-order valence-electron chi connectivity index (χ0n) is 14.9. The lowest BCUT2D eigenvalue weighted by Crippen LogP contribution is -2.33. The monoisotopic (exact) mass is 380 g/mol. The van der Waals surface area contributed by atoms with Gasteiger partial charge in [0.15, 0.2) is 5.82 Å². The summed E-state index contributed by atoms with van der Waals surface area (Å²) >= 11 is 7.21. The van der Waals surface area contributed by atoms with Crippen molar-refractivity contribution < 1.29 is 4.79 Å². The second-order valence-electron chi connectivity index (χ2n) is 6.56. The van der Waals surface area contributed by atoms with Gasteiger partial charge in [-0.05, 0) is 43.5 Å². The third-order valence-corrected chi connectivity index (χ3v) is 4.84. The average molecular weight is 381 g/mol. The summed E-state index contributed by atoms with van der Waals surface area (Å²) < 4.78 is 0. The molecule has 1 atom stereocenters. The van der Waals surface area contributed by atoms with Crippen molar-refractivity contribution in [2.75, 3.05) is 5.75 Å². The lowest BCUT2D eigenvalue weighted by molar-refractivity contribution is -0.119. The van der Waals surface area contributed by atoms with Gasteiger partial charge in [-0.3, -0.25) is 9.89 Å². The van der Waals surface area contributed by atoms with Gasteiger partial charge in [-0.15, -0.1) is 5.10 Å². The Morgan fingerprint density at radius 1 is 1.24 bits per heavy atom. The van der Waals surface area contributed by atoms with Crippen LogP contribution in [0.2, 0.25) is 5.02 Å².